The molecule has 0 saturated heterocycles. The van der Waals surface area contributed by atoms with E-state index in [-0.39, 0.29) is 12.1 Å². The van der Waals surface area contributed by atoms with Crippen molar-refractivity contribution >= 4 is 33.1 Å². The Bertz CT molecular complexity index is 841. The molecule has 0 spiro atoms. The number of halogens is 1. The van der Waals surface area contributed by atoms with Crippen LogP contribution in [0.3, 0.4) is 0 Å². The first-order valence-electron chi connectivity index (χ1n) is 9.32. The number of carbonyl (C=O) groups is 1. The Labute approximate surface area is 169 Å². The maximum absolute atomic E-state index is 12.8. The number of ether oxygens (including phenoxy) is 2. The van der Waals surface area contributed by atoms with Gasteiger partial charge in [-0.3, -0.25) is 0 Å². The van der Waals surface area contributed by atoms with Crippen LogP contribution in [0, 0.1) is 0 Å². The second kappa shape index (κ2) is 7.80. The largest absolute Gasteiger partial charge is 0.444 e. The van der Waals surface area contributed by atoms with Gasteiger partial charge in [-0.2, -0.15) is 0 Å². The van der Waals surface area contributed by atoms with Crippen LogP contribution in [-0.2, 0) is 29.4 Å². The molecule has 1 amide bonds. The van der Waals surface area contributed by atoms with Crippen LogP contribution in [-0.4, -0.2) is 52.4 Å². The van der Waals surface area contributed by atoms with Gasteiger partial charge in [-0.05, 0) is 73.7 Å². The average molecular weight is 438 g/mol. The van der Waals surface area contributed by atoms with Gasteiger partial charge >= 0.3 is 6.09 Å². The highest BCUT2D eigenvalue weighted by Crippen LogP contribution is 2.33. The first-order chi connectivity index (χ1) is 12.7. The fraction of sp³-hybridized carbons (Fsp3) is 0.600. The molecule has 0 radical (unpaired) electrons. The van der Waals surface area contributed by atoms with Gasteiger partial charge in [0.25, 0.3) is 0 Å². The van der Waals surface area contributed by atoms with Crippen molar-refractivity contribution in [1.29, 1.82) is 0 Å². The number of aryl methyl sites for hydroxylation is 1. The van der Waals surface area contributed by atoms with E-state index in [1.165, 1.54) is 11.3 Å². The predicted octanol–water partition coefficient (Wildman–Crippen LogP) is 4.08. The second-order valence-corrected chi connectivity index (χ2v) is 8.87. The average Bonchev–Trinajstić information content (AvgIpc) is 2.85. The Kier molecular flexibility index (Phi) is 5.82. The van der Waals surface area contributed by atoms with E-state index in [1.54, 1.807) is 7.11 Å². The molecular weight excluding hydrogens is 410 g/mol. The minimum atomic E-state index is -0.516. The molecule has 0 aromatic carbocycles. The summed E-state index contributed by atoms with van der Waals surface area (Å²) in [5.74, 6) is 0. The molecule has 148 valence electrons. The quantitative estimate of drug-likeness (QED) is 0.676. The molecule has 2 aromatic heterocycles. The van der Waals surface area contributed by atoms with E-state index in [0.29, 0.717) is 13.2 Å². The van der Waals surface area contributed by atoms with E-state index in [1.807, 2.05) is 31.7 Å². The molecule has 0 N–H and O–H groups in total. The number of methoxy groups -OCH3 is 1. The van der Waals surface area contributed by atoms with Gasteiger partial charge in [-0.15, -0.1) is 0 Å². The predicted molar refractivity (Wildman–Crippen MR) is 109 cm³/mol. The summed E-state index contributed by atoms with van der Waals surface area (Å²) in [5.41, 5.74) is 3.06. The monoisotopic (exact) mass is 437 g/mol. The fourth-order valence-electron chi connectivity index (χ4n) is 3.79. The Morgan fingerprint density at radius 3 is 2.81 bits per heavy atom. The van der Waals surface area contributed by atoms with Crippen molar-refractivity contribution in [1.82, 2.24) is 14.5 Å². The molecule has 1 unspecified atom stereocenters. The maximum Gasteiger partial charge on any atom is 0.410 e. The Hall–Kier alpha value is -1.60. The van der Waals surface area contributed by atoms with E-state index in [0.717, 1.165) is 34.9 Å². The molecule has 7 heteroatoms. The molecule has 2 heterocycles. The van der Waals surface area contributed by atoms with Crippen molar-refractivity contribution in [3.05, 3.63) is 28.0 Å². The maximum atomic E-state index is 12.8. The van der Waals surface area contributed by atoms with Crippen molar-refractivity contribution in [3.63, 3.8) is 0 Å². The van der Waals surface area contributed by atoms with Crippen LogP contribution >= 0.6 is 15.9 Å². The summed E-state index contributed by atoms with van der Waals surface area (Å²) in [6.45, 7) is 6.71. The van der Waals surface area contributed by atoms with Crippen LogP contribution in [0.5, 0.6) is 0 Å². The second-order valence-electron chi connectivity index (χ2n) is 8.05. The normalized spacial score (nSPS) is 17.0. The summed E-state index contributed by atoms with van der Waals surface area (Å²) in [4.78, 5) is 19.3. The summed E-state index contributed by atoms with van der Waals surface area (Å²) < 4.78 is 13.9. The molecule has 27 heavy (non-hydrogen) atoms. The van der Waals surface area contributed by atoms with Gasteiger partial charge in [-0.1, -0.05) is 0 Å². The number of hydrogen-bond donors (Lipinski definition) is 0. The third-order valence-corrected chi connectivity index (χ3v) is 5.44. The number of hydrogen-bond acceptors (Lipinski definition) is 4. The van der Waals surface area contributed by atoms with Crippen LogP contribution in [0.25, 0.3) is 11.0 Å². The van der Waals surface area contributed by atoms with Crippen LogP contribution in [0.1, 0.15) is 38.4 Å². The Morgan fingerprint density at radius 1 is 1.41 bits per heavy atom. The zero-order valence-corrected chi connectivity index (χ0v) is 18.3. The lowest BCUT2D eigenvalue weighted by molar-refractivity contribution is 0.00879. The number of fused-ring (bicyclic) bond motifs is 3. The lowest BCUT2D eigenvalue weighted by atomic mass is 9.90. The number of rotatable bonds is 4. The summed E-state index contributed by atoms with van der Waals surface area (Å²) >= 11 is 3.46. The zero-order chi connectivity index (χ0) is 19.8. The molecule has 0 bridgehead atoms. The molecule has 1 aliphatic rings. The van der Waals surface area contributed by atoms with Crippen molar-refractivity contribution in [2.24, 2.45) is 7.05 Å². The molecule has 3 rings (SSSR count). The summed E-state index contributed by atoms with van der Waals surface area (Å²) in [7, 11) is 3.72. The van der Waals surface area contributed by atoms with Gasteiger partial charge in [0.15, 0.2) is 0 Å². The third kappa shape index (κ3) is 4.29. The van der Waals surface area contributed by atoms with Gasteiger partial charge in [0.2, 0.25) is 0 Å². The van der Waals surface area contributed by atoms with Crippen molar-refractivity contribution < 1.29 is 14.3 Å². The van der Waals surface area contributed by atoms with E-state index in [9.17, 15) is 4.79 Å². The third-order valence-electron chi connectivity index (χ3n) is 5.00. The lowest BCUT2D eigenvalue weighted by Crippen LogP contribution is -2.47. The van der Waals surface area contributed by atoms with Crippen LogP contribution in [0.15, 0.2) is 16.7 Å². The van der Waals surface area contributed by atoms with Gasteiger partial charge in [0.05, 0.1) is 6.61 Å². The SMILES string of the molecule is COCCN(C(=O)OC(C)(C)C)C1CCc2c(c3ccc(Br)nc3n2C)C1. The molecular formula is C20H28BrN3O3. The first-order valence-corrected chi connectivity index (χ1v) is 10.1. The minimum Gasteiger partial charge on any atom is -0.444 e. The number of nitrogens with zero attached hydrogens (tertiary/aromatic N) is 3. The van der Waals surface area contributed by atoms with E-state index in [2.05, 4.69) is 38.6 Å². The molecule has 0 saturated carbocycles. The number of carbonyl (C=O) groups excluding carboxylic acids is 1. The highest BCUT2D eigenvalue weighted by molar-refractivity contribution is 9.10. The topological polar surface area (TPSA) is 56.6 Å². The fourth-order valence-corrected chi connectivity index (χ4v) is 4.09. The standard InChI is InChI=1S/C20H28BrN3O3/c1-20(2,3)27-19(25)24(10-11-26-5)13-6-8-16-15(12-13)14-7-9-17(21)22-18(14)23(16)4/h7,9,13H,6,8,10-12H2,1-5H3. The number of aromatic nitrogens is 2. The molecule has 2 aromatic rings. The number of amides is 1. The minimum absolute atomic E-state index is 0.0942. The van der Waals surface area contributed by atoms with Gasteiger partial charge < -0.3 is 18.9 Å². The highest BCUT2D eigenvalue weighted by atomic mass is 79.9. The van der Waals surface area contributed by atoms with Crippen LogP contribution in [0.2, 0.25) is 0 Å². The summed E-state index contributed by atoms with van der Waals surface area (Å²) in [5, 5.41) is 1.16. The molecule has 6 nitrogen and oxygen atoms in total. The Morgan fingerprint density at radius 2 is 2.15 bits per heavy atom. The highest BCUT2D eigenvalue weighted by Gasteiger charge is 2.33. The lowest BCUT2D eigenvalue weighted by Gasteiger charge is -2.35. The molecule has 1 atom stereocenters. The van der Waals surface area contributed by atoms with Crippen LogP contribution < -0.4 is 0 Å². The van der Waals surface area contributed by atoms with Crippen molar-refractivity contribution in [2.75, 3.05) is 20.3 Å². The van der Waals surface area contributed by atoms with Gasteiger partial charge in [-0.25, -0.2) is 9.78 Å². The van der Waals surface area contributed by atoms with Crippen LogP contribution in [0.4, 0.5) is 4.79 Å². The van der Waals surface area contributed by atoms with E-state index >= 15 is 0 Å². The summed E-state index contributed by atoms with van der Waals surface area (Å²) in [6, 6.07) is 4.18. The zero-order valence-electron chi connectivity index (χ0n) is 16.7. The molecule has 0 fully saturated rings. The van der Waals surface area contributed by atoms with Gasteiger partial charge in [0.1, 0.15) is 15.9 Å². The molecule has 0 aliphatic heterocycles. The van der Waals surface area contributed by atoms with E-state index in [4.69, 9.17) is 9.47 Å². The van der Waals surface area contributed by atoms with Gasteiger partial charge in [0, 0.05) is 37.8 Å². The summed E-state index contributed by atoms with van der Waals surface area (Å²) in [6.07, 6.45) is 2.35. The number of pyridine rings is 1. The van der Waals surface area contributed by atoms with Crippen molar-refractivity contribution in [3.8, 4) is 0 Å². The first kappa shape index (κ1) is 20.1. The smallest absolute Gasteiger partial charge is 0.410 e. The molecule has 1 aliphatic carbocycles. The van der Waals surface area contributed by atoms with E-state index < -0.39 is 5.60 Å². The Balaban J connectivity index is 1.90. The van der Waals surface area contributed by atoms with Crippen molar-refractivity contribution in [2.45, 2.75) is 51.7 Å².